The molecular weight excluding hydrogens is 321 g/mol. The monoisotopic (exact) mass is 345 g/mol. The summed E-state index contributed by atoms with van der Waals surface area (Å²) in [5.41, 5.74) is 0. The standard InChI is InChI=1S/C19H24FN3O2/c20-15-7-9-16(10-8-15)25-18-11-13-22-19(23-18)21-12-3-5-14-4-1-2-6-17(14)24/h7-11,13-14,17,24H,1-6,12H2,(H,21,22,23). The van der Waals surface area contributed by atoms with Crippen molar-refractivity contribution >= 4 is 5.95 Å². The molecule has 2 N–H and O–H groups in total. The molecule has 1 aliphatic rings. The molecule has 25 heavy (non-hydrogen) atoms. The van der Waals surface area contributed by atoms with Gasteiger partial charge in [-0.25, -0.2) is 9.37 Å². The van der Waals surface area contributed by atoms with Crippen LogP contribution in [0, 0.1) is 11.7 Å². The van der Waals surface area contributed by atoms with E-state index in [1.54, 1.807) is 24.4 Å². The SMILES string of the molecule is OC1CCCCC1CCCNc1nccc(Oc2ccc(F)cc2)n1. The number of anilines is 1. The summed E-state index contributed by atoms with van der Waals surface area (Å²) < 4.78 is 18.5. The van der Waals surface area contributed by atoms with E-state index in [0.29, 0.717) is 23.5 Å². The minimum atomic E-state index is -0.305. The summed E-state index contributed by atoms with van der Waals surface area (Å²) in [4.78, 5) is 8.48. The normalized spacial score (nSPS) is 20.2. The summed E-state index contributed by atoms with van der Waals surface area (Å²) >= 11 is 0. The Hall–Kier alpha value is -2.21. The van der Waals surface area contributed by atoms with Crippen LogP contribution < -0.4 is 10.1 Å². The van der Waals surface area contributed by atoms with Crippen molar-refractivity contribution in [1.82, 2.24) is 9.97 Å². The lowest BCUT2D eigenvalue weighted by atomic mass is 9.83. The van der Waals surface area contributed by atoms with Crippen molar-refractivity contribution in [3.05, 3.63) is 42.3 Å². The van der Waals surface area contributed by atoms with Gasteiger partial charge in [0.15, 0.2) is 0 Å². The summed E-state index contributed by atoms with van der Waals surface area (Å²) in [7, 11) is 0. The zero-order valence-corrected chi connectivity index (χ0v) is 14.2. The van der Waals surface area contributed by atoms with Crippen LogP contribution >= 0.6 is 0 Å². The number of aromatic nitrogens is 2. The molecule has 0 spiro atoms. The zero-order chi connectivity index (χ0) is 17.5. The van der Waals surface area contributed by atoms with Gasteiger partial charge in [0.25, 0.3) is 0 Å². The van der Waals surface area contributed by atoms with Gasteiger partial charge >= 0.3 is 0 Å². The molecule has 2 aromatic rings. The van der Waals surface area contributed by atoms with Crippen LogP contribution in [0.15, 0.2) is 36.5 Å². The first kappa shape index (κ1) is 17.6. The van der Waals surface area contributed by atoms with E-state index in [9.17, 15) is 9.50 Å². The molecule has 1 fully saturated rings. The van der Waals surface area contributed by atoms with Crippen molar-refractivity contribution in [3.8, 4) is 11.6 Å². The lowest BCUT2D eigenvalue weighted by Gasteiger charge is -2.27. The fourth-order valence-corrected chi connectivity index (χ4v) is 3.20. The highest BCUT2D eigenvalue weighted by atomic mass is 19.1. The largest absolute Gasteiger partial charge is 0.439 e. The lowest BCUT2D eigenvalue weighted by Crippen LogP contribution is -2.24. The van der Waals surface area contributed by atoms with Crippen LogP contribution in [-0.4, -0.2) is 27.7 Å². The second-order valence-electron chi connectivity index (χ2n) is 6.46. The molecule has 5 nitrogen and oxygen atoms in total. The van der Waals surface area contributed by atoms with Crippen molar-refractivity contribution in [2.24, 2.45) is 5.92 Å². The van der Waals surface area contributed by atoms with E-state index in [0.717, 1.165) is 38.6 Å². The first-order valence-corrected chi connectivity index (χ1v) is 8.89. The van der Waals surface area contributed by atoms with Gasteiger partial charge in [-0.05, 0) is 55.9 Å². The second kappa shape index (κ2) is 8.76. The van der Waals surface area contributed by atoms with Gasteiger partial charge in [-0.15, -0.1) is 0 Å². The Morgan fingerprint density at radius 2 is 1.96 bits per heavy atom. The minimum Gasteiger partial charge on any atom is -0.439 e. The molecule has 0 saturated heterocycles. The number of hydrogen-bond donors (Lipinski definition) is 2. The number of nitrogens with one attached hydrogen (secondary N) is 1. The Bertz CT molecular complexity index is 666. The van der Waals surface area contributed by atoms with Crippen LogP contribution in [0.1, 0.15) is 38.5 Å². The third-order valence-electron chi connectivity index (χ3n) is 4.57. The molecule has 0 amide bonds. The molecule has 3 rings (SSSR count). The zero-order valence-electron chi connectivity index (χ0n) is 14.2. The predicted octanol–water partition coefficient (Wildman–Crippen LogP) is 4.15. The summed E-state index contributed by atoms with van der Waals surface area (Å²) in [6, 6.07) is 7.46. The van der Waals surface area contributed by atoms with Crippen molar-refractivity contribution < 1.29 is 14.2 Å². The molecule has 2 atom stereocenters. The lowest BCUT2D eigenvalue weighted by molar-refractivity contribution is 0.0648. The molecule has 2 unspecified atom stereocenters. The third-order valence-corrected chi connectivity index (χ3v) is 4.57. The number of nitrogens with zero attached hydrogens (tertiary/aromatic N) is 2. The number of halogens is 1. The molecule has 1 aromatic heterocycles. The maximum absolute atomic E-state index is 12.9. The van der Waals surface area contributed by atoms with Crippen molar-refractivity contribution in [2.75, 3.05) is 11.9 Å². The van der Waals surface area contributed by atoms with Crippen LogP contribution in [0.5, 0.6) is 11.6 Å². The topological polar surface area (TPSA) is 67.3 Å². The van der Waals surface area contributed by atoms with E-state index in [1.165, 1.54) is 18.6 Å². The molecule has 1 saturated carbocycles. The third kappa shape index (κ3) is 5.39. The Kier molecular flexibility index (Phi) is 6.17. The molecule has 134 valence electrons. The summed E-state index contributed by atoms with van der Waals surface area (Å²) in [5, 5.41) is 13.2. The average Bonchev–Trinajstić information content (AvgIpc) is 2.62. The minimum absolute atomic E-state index is 0.141. The van der Waals surface area contributed by atoms with Gasteiger partial charge in [0.05, 0.1) is 6.10 Å². The van der Waals surface area contributed by atoms with Crippen molar-refractivity contribution in [2.45, 2.75) is 44.6 Å². The number of benzene rings is 1. The van der Waals surface area contributed by atoms with E-state index in [2.05, 4.69) is 15.3 Å². The number of rotatable bonds is 7. The van der Waals surface area contributed by atoms with Gasteiger partial charge in [-0.1, -0.05) is 12.8 Å². The fourth-order valence-electron chi connectivity index (χ4n) is 3.20. The smallest absolute Gasteiger partial charge is 0.225 e. The summed E-state index contributed by atoms with van der Waals surface area (Å²) in [5.74, 6) is 1.55. The highest BCUT2D eigenvalue weighted by molar-refractivity contribution is 5.31. The number of ether oxygens (including phenoxy) is 1. The molecule has 0 aliphatic heterocycles. The molecule has 1 aliphatic carbocycles. The van der Waals surface area contributed by atoms with E-state index >= 15 is 0 Å². The van der Waals surface area contributed by atoms with E-state index in [4.69, 9.17) is 4.74 Å². The maximum atomic E-state index is 12.9. The van der Waals surface area contributed by atoms with Gasteiger partial charge in [-0.2, -0.15) is 4.98 Å². The summed E-state index contributed by atoms with van der Waals surface area (Å²) in [6.07, 6.45) is 7.89. The summed E-state index contributed by atoms with van der Waals surface area (Å²) in [6.45, 7) is 0.753. The molecule has 1 aromatic carbocycles. The Labute approximate surface area is 147 Å². The number of hydrogen-bond acceptors (Lipinski definition) is 5. The van der Waals surface area contributed by atoms with Gasteiger partial charge < -0.3 is 15.2 Å². The molecule has 1 heterocycles. The van der Waals surface area contributed by atoms with Crippen LogP contribution in [0.25, 0.3) is 0 Å². The molecule has 0 bridgehead atoms. The predicted molar refractivity (Wildman–Crippen MR) is 94.2 cm³/mol. The Balaban J connectivity index is 1.45. The van der Waals surface area contributed by atoms with E-state index in [-0.39, 0.29) is 11.9 Å². The highest BCUT2D eigenvalue weighted by Gasteiger charge is 2.22. The van der Waals surface area contributed by atoms with Gasteiger partial charge in [0.1, 0.15) is 11.6 Å². The van der Waals surface area contributed by atoms with E-state index < -0.39 is 0 Å². The van der Waals surface area contributed by atoms with Crippen molar-refractivity contribution in [3.63, 3.8) is 0 Å². The van der Waals surface area contributed by atoms with Crippen LogP contribution in [0.2, 0.25) is 0 Å². The first-order valence-electron chi connectivity index (χ1n) is 8.89. The van der Waals surface area contributed by atoms with Gasteiger partial charge in [0, 0.05) is 18.8 Å². The average molecular weight is 345 g/mol. The highest BCUT2D eigenvalue weighted by Crippen LogP contribution is 2.27. The molecule has 6 heteroatoms. The second-order valence-corrected chi connectivity index (χ2v) is 6.46. The quantitative estimate of drug-likeness (QED) is 0.738. The van der Waals surface area contributed by atoms with Crippen LogP contribution in [0.3, 0.4) is 0 Å². The van der Waals surface area contributed by atoms with Crippen LogP contribution in [0.4, 0.5) is 10.3 Å². The van der Waals surface area contributed by atoms with Crippen LogP contribution in [-0.2, 0) is 0 Å². The molecular formula is C19H24FN3O2. The number of aliphatic hydroxyl groups excluding tert-OH is 1. The van der Waals surface area contributed by atoms with Crippen molar-refractivity contribution in [1.29, 1.82) is 0 Å². The fraction of sp³-hybridized carbons (Fsp3) is 0.474. The van der Waals surface area contributed by atoms with E-state index in [1.807, 2.05) is 0 Å². The van der Waals surface area contributed by atoms with Gasteiger partial charge in [0.2, 0.25) is 11.8 Å². The number of aliphatic hydroxyl groups is 1. The maximum Gasteiger partial charge on any atom is 0.225 e. The molecule has 0 radical (unpaired) electrons. The van der Waals surface area contributed by atoms with Gasteiger partial charge in [-0.3, -0.25) is 0 Å². The Morgan fingerprint density at radius 1 is 1.16 bits per heavy atom. The first-order chi connectivity index (χ1) is 12.2. The Morgan fingerprint density at radius 3 is 2.76 bits per heavy atom.